The van der Waals surface area contributed by atoms with E-state index in [0.29, 0.717) is 5.75 Å². The minimum Gasteiger partial charge on any atom is -0.496 e. The van der Waals surface area contributed by atoms with E-state index in [1.807, 2.05) is 0 Å². The lowest BCUT2D eigenvalue weighted by Gasteiger charge is -2.02. The highest BCUT2D eigenvalue weighted by molar-refractivity contribution is 9.10. The van der Waals surface area contributed by atoms with Crippen molar-refractivity contribution < 1.29 is 9.66 Å². The number of nitro groups is 1. The minimum absolute atomic E-state index is 0.505. The zero-order valence-corrected chi connectivity index (χ0v) is 9.02. The average molecular weight is 258 g/mol. The van der Waals surface area contributed by atoms with Gasteiger partial charge in [0.2, 0.25) is 6.20 Å². The molecule has 0 saturated heterocycles. The van der Waals surface area contributed by atoms with Crippen molar-refractivity contribution in [3.8, 4) is 5.75 Å². The van der Waals surface area contributed by atoms with E-state index in [0.717, 1.165) is 16.2 Å². The fourth-order valence-electron chi connectivity index (χ4n) is 0.927. The molecule has 14 heavy (non-hydrogen) atoms. The van der Waals surface area contributed by atoms with Gasteiger partial charge in [0, 0.05) is 6.08 Å². The molecule has 0 unspecified atom stereocenters. The maximum Gasteiger partial charge on any atom is 0.235 e. The summed E-state index contributed by atoms with van der Waals surface area (Å²) >= 11 is 3.29. The molecule has 0 N–H and O–H groups in total. The van der Waals surface area contributed by atoms with E-state index < -0.39 is 4.92 Å². The summed E-state index contributed by atoms with van der Waals surface area (Å²) in [7, 11) is 1.54. The fraction of sp³-hybridized carbons (Fsp3) is 0.111. The second-order valence-electron chi connectivity index (χ2n) is 2.50. The second kappa shape index (κ2) is 4.76. The lowest BCUT2D eigenvalue weighted by molar-refractivity contribution is -0.400. The second-order valence-corrected chi connectivity index (χ2v) is 3.35. The van der Waals surface area contributed by atoms with E-state index >= 15 is 0 Å². The number of ether oxygens (including phenoxy) is 1. The molecular weight excluding hydrogens is 250 g/mol. The Labute approximate surface area is 89.5 Å². The molecule has 0 saturated carbocycles. The average Bonchev–Trinajstić information content (AvgIpc) is 2.16. The van der Waals surface area contributed by atoms with Crippen molar-refractivity contribution in [3.05, 3.63) is 44.5 Å². The van der Waals surface area contributed by atoms with Crippen molar-refractivity contribution in [2.75, 3.05) is 7.11 Å². The summed E-state index contributed by atoms with van der Waals surface area (Å²) in [5, 5.41) is 10.1. The van der Waals surface area contributed by atoms with Crippen molar-refractivity contribution in [1.82, 2.24) is 0 Å². The molecule has 0 atom stereocenters. The van der Waals surface area contributed by atoms with E-state index in [1.54, 1.807) is 25.3 Å². The van der Waals surface area contributed by atoms with Crippen molar-refractivity contribution in [2.24, 2.45) is 0 Å². The van der Waals surface area contributed by atoms with Gasteiger partial charge in [0.1, 0.15) is 5.75 Å². The van der Waals surface area contributed by atoms with Gasteiger partial charge in [-0.15, -0.1) is 0 Å². The molecule has 74 valence electrons. The normalized spacial score (nSPS) is 10.4. The van der Waals surface area contributed by atoms with E-state index in [-0.39, 0.29) is 0 Å². The van der Waals surface area contributed by atoms with Crippen molar-refractivity contribution in [3.63, 3.8) is 0 Å². The third-order valence-electron chi connectivity index (χ3n) is 1.56. The molecule has 1 aromatic carbocycles. The van der Waals surface area contributed by atoms with Crippen molar-refractivity contribution in [2.45, 2.75) is 0 Å². The Morgan fingerprint density at radius 2 is 2.29 bits per heavy atom. The van der Waals surface area contributed by atoms with Crippen LogP contribution in [0.5, 0.6) is 5.75 Å². The quantitative estimate of drug-likeness (QED) is 0.618. The summed E-state index contributed by atoms with van der Waals surface area (Å²) in [5.41, 5.74) is 0.724. The van der Waals surface area contributed by atoms with Crippen LogP contribution < -0.4 is 4.74 Å². The molecular formula is C9H8BrNO3. The van der Waals surface area contributed by atoms with Gasteiger partial charge in [0.05, 0.1) is 16.5 Å². The Morgan fingerprint density at radius 1 is 1.57 bits per heavy atom. The maximum absolute atomic E-state index is 10.1. The third kappa shape index (κ3) is 2.85. The maximum atomic E-state index is 10.1. The number of rotatable bonds is 3. The highest BCUT2D eigenvalue weighted by atomic mass is 79.9. The zero-order valence-electron chi connectivity index (χ0n) is 7.44. The highest BCUT2D eigenvalue weighted by Gasteiger charge is 1.99. The van der Waals surface area contributed by atoms with Gasteiger partial charge in [-0.05, 0) is 33.6 Å². The molecule has 0 aliphatic carbocycles. The van der Waals surface area contributed by atoms with E-state index in [1.165, 1.54) is 6.08 Å². The van der Waals surface area contributed by atoms with Crippen LogP contribution in [0.4, 0.5) is 0 Å². The van der Waals surface area contributed by atoms with Gasteiger partial charge >= 0.3 is 0 Å². The molecule has 0 aliphatic heterocycles. The van der Waals surface area contributed by atoms with Gasteiger partial charge < -0.3 is 4.74 Å². The predicted octanol–water partition coefficient (Wildman–Crippen LogP) is 2.71. The Bertz CT molecular complexity index is 376. The highest BCUT2D eigenvalue weighted by Crippen LogP contribution is 2.25. The largest absolute Gasteiger partial charge is 0.496 e. The topological polar surface area (TPSA) is 52.4 Å². The molecule has 0 radical (unpaired) electrons. The van der Waals surface area contributed by atoms with Crippen LogP contribution in [-0.4, -0.2) is 12.0 Å². The Hall–Kier alpha value is -1.36. The zero-order chi connectivity index (χ0) is 10.6. The summed E-state index contributed by atoms with van der Waals surface area (Å²) < 4.78 is 5.86. The smallest absolute Gasteiger partial charge is 0.235 e. The molecule has 0 amide bonds. The first-order chi connectivity index (χ1) is 6.63. The number of nitrogens with zero attached hydrogens (tertiary/aromatic N) is 1. The number of methoxy groups -OCH3 is 1. The first kappa shape index (κ1) is 10.7. The van der Waals surface area contributed by atoms with Crippen molar-refractivity contribution in [1.29, 1.82) is 0 Å². The van der Waals surface area contributed by atoms with E-state index in [4.69, 9.17) is 4.74 Å². The van der Waals surface area contributed by atoms with Gasteiger partial charge in [-0.2, -0.15) is 0 Å². The van der Waals surface area contributed by atoms with Crippen LogP contribution in [0.2, 0.25) is 0 Å². The van der Waals surface area contributed by atoms with Crippen LogP contribution in [0.15, 0.2) is 28.9 Å². The Morgan fingerprint density at radius 3 is 2.86 bits per heavy atom. The van der Waals surface area contributed by atoms with E-state index in [2.05, 4.69) is 15.9 Å². The van der Waals surface area contributed by atoms with Crippen molar-refractivity contribution >= 4 is 22.0 Å². The SMILES string of the molecule is COc1cc(/C=C/[N+](=O)[O-])ccc1Br. The van der Waals surface area contributed by atoms with Crippen LogP contribution in [0, 0.1) is 10.1 Å². The predicted molar refractivity (Wildman–Crippen MR) is 56.7 cm³/mol. The summed E-state index contributed by atoms with van der Waals surface area (Å²) in [6, 6.07) is 5.25. The molecule has 4 nitrogen and oxygen atoms in total. The molecule has 5 heteroatoms. The first-order valence-corrected chi connectivity index (χ1v) is 4.58. The van der Waals surface area contributed by atoms with Gasteiger partial charge in [0.15, 0.2) is 0 Å². The molecule has 0 heterocycles. The number of benzene rings is 1. The lowest BCUT2D eigenvalue weighted by Crippen LogP contribution is -1.86. The molecule has 0 aromatic heterocycles. The number of halogens is 1. The van der Waals surface area contributed by atoms with Gasteiger partial charge in [-0.25, -0.2) is 0 Å². The van der Waals surface area contributed by atoms with Crippen LogP contribution in [0.3, 0.4) is 0 Å². The molecule has 0 aliphatic rings. The summed E-state index contributed by atoms with van der Waals surface area (Å²) in [4.78, 5) is 9.57. The Balaban J connectivity index is 2.95. The van der Waals surface area contributed by atoms with Crippen LogP contribution in [0.25, 0.3) is 6.08 Å². The Kier molecular flexibility index (Phi) is 3.64. The number of hydrogen-bond acceptors (Lipinski definition) is 3. The molecule has 1 aromatic rings. The summed E-state index contributed by atoms with van der Waals surface area (Å²) in [6.45, 7) is 0. The third-order valence-corrected chi connectivity index (χ3v) is 2.22. The van der Waals surface area contributed by atoms with Crippen LogP contribution in [0.1, 0.15) is 5.56 Å². The van der Waals surface area contributed by atoms with Crippen LogP contribution >= 0.6 is 15.9 Å². The van der Waals surface area contributed by atoms with Gasteiger partial charge in [0.25, 0.3) is 0 Å². The molecule has 0 bridgehead atoms. The fourth-order valence-corrected chi connectivity index (χ4v) is 1.34. The van der Waals surface area contributed by atoms with Gasteiger partial charge in [-0.1, -0.05) is 6.07 Å². The lowest BCUT2D eigenvalue weighted by atomic mass is 10.2. The van der Waals surface area contributed by atoms with Crippen LogP contribution in [-0.2, 0) is 0 Å². The standard InChI is InChI=1S/C9H8BrNO3/c1-14-9-6-7(2-3-8(9)10)4-5-11(12)13/h2-6H,1H3/b5-4+. The molecule has 1 rings (SSSR count). The monoisotopic (exact) mass is 257 g/mol. The molecule has 0 spiro atoms. The van der Waals surface area contributed by atoms with E-state index in [9.17, 15) is 10.1 Å². The number of hydrogen-bond donors (Lipinski definition) is 0. The first-order valence-electron chi connectivity index (χ1n) is 3.78. The molecule has 0 fully saturated rings. The van der Waals surface area contributed by atoms with Gasteiger partial charge in [-0.3, -0.25) is 10.1 Å². The minimum atomic E-state index is -0.505. The summed E-state index contributed by atoms with van der Waals surface area (Å²) in [5.74, 6) is 0.649. The summed E-state index contributed by atoms with van der Waals surface area (Å²) in [6.07, 6.45) is 2.30.